The molecule has 8 nitrogen and oxygen atoms in total. The topological polar surface area (TPSA) is 101 Å². The van der Waals surface area contributed by atoms with Gasteiger partial charge in [-0.2, -0.15) is 0 Å². The van der Waals surface area contributed by atoms with Crippen LogP contribution in [0.2, 0.25) is 5.02 Å². The molecule has 0 aliphatic carbocycles. The number of aromatic nitrogens is 2. The van der Waals surface area contributed by atoms with Crippen LogP contribution in [0.15, 0.2) is 34.5 Å². The van der Waals surface area contributed by atoms with Gasteiger partial charge in [-0.15, -0.1) is 0 Å². The summed E-state index contributed by atoms with van der Waals surface area (Å²) in [6, 6.07) is 3.17. The minimum Gasteiger partial charge on any atom is -0.495 e. The molecule has 0 bridgehead atoms. The zero-order chi connectivity index (χ0) is 20.8. The first-order valence-electron chi connectivity index (χ1n) is 8.85. The van der Waals surface area contributed by atoms with Gasteiger partial charge in [0.15, 0.2) is 0 Å². The predicted molar refractivity (Wildman–Crippen MR) is 113 cm³/mol. The van der Waals surface area contributed by atoms with Gasteiger partial charge in [0.2, 0.25) is 5.95 Å². The van der Waals surface area contributed by atoms with Gasteiger partial charge < -0.3 is 15.4 Å². The lowest BCUT2D eigenvalue weighted by Gasteiger charge is -2.08. The monoisotopic (exact) mass is 410 g/mol. The summed E-state index contributed by atoms with van der Waals surface area (Å²) in [4.78, 5) is 29.0. The molecule has 1 atom stereocenters. The van der Waals surface area contributed by atoms with Gasteiger partial charge in [-0.05, 0) is 18.6 Å². The molecule has 1 amide bonds. The van der Waals surface area contributed by atoms with Gasteiger partial charge in [0.05, 0.1) is 23.9 Å². The smallest absolute Gasteiger partial charge is 0.251 e. The van der Waals surface area contributed by atoms with Crippen molar-refractivity contribution >= 4 is 35.5 Å². The molecule has 148 valence electrons. The van der Waals surface area contributed by atoms with Crippen LogP contribution in [0.5, 0.6) is 5.75 Å². The van der Waals surface area contributed by atoms with Crippen molar-refractivity contribution in [3.05, 3.63) is 46.2 Å². The number of hydrogen-bond acceptors (Lipinski definition) is 7. The number of nitrogens with one attached hydrogen (secondary N) is 2. The SMILES string of the molecule is CCC1N=CC(Nc2ncc(C#Cc3cc(C(=O)NC)cc(OC)c3Cl)cn2)=N1. The first-order valence-corrected chi connectivity index (χ1v) is 9.23. The molecule has 3 rings (SSSR count). The molecule has 29 heavy (non-hydrogen) atoms. The van der Waals surface area contributed by atoms with Crippen LogP contribution in [0.1, 0.15) is 34.8 Å². The molecule has 0 fully saturated rings. The van der Waals surface area contributed by atoms with Crippen LogP contribution in [0.4, 0.5) is 5.95 Å². The molecule has 9 heteroatoms. The number of ether oxygens (including phenoxy) is 1. The lowest BCUT2D eigenvalue weighted by atomic mass is 10.1. The van der Waals surface area contributed by atoms with Gasteiger partial charge in [0, 0.05) is 30.6 Å². The van der Waals surface area contributed by atoms with Gasteiger partial charge in [0.1, 0.15) is 17.8 Å². The van der Waals surface area contributed by atoms with Gasteiger partial charge >= 0.3 is 0 Å². The van der Waals surface area contributed by atoms with Gasteiger partial charge in [-0.3, -0.25) is 9.79 Å². The number of amides is 1. The highest BCUT2D eigenvalue weighted by atomic mass is 35.5. The summed E-state index contributed by atoms with van der Waals surface area (Å²) in [6.07, 6.45) is 5.63. The van der Waals surface area contributed by atoms with Crippen molar-refractivity contribution in [2.45, 2.75) is 19.5 Å². The number of carbonyl (C=O) groups excluding carboxylic acids is 1. The maximum absolute atomic E-state index is 11.9. The summed E-state index contributed by atoms with van der Waals surface area (Å²) in [5.41, 5.74) is 1.46. The van der Waals surface area contributed by atoms with Crippen molar-refractivity contribution < 1.29 is 9.53 Å². The van der Waals surface area contributed by atoms with Crippen LogP contribution >= 0.6 is 11.6 Å². The number of carbonyl (C=O) groups is 1. The molecule has 0 saturated heterocycles. The Morgan fingerprint density at radius 1 is 1.28 bits per heavy atom. The number of aliphatic imine (C=N–C) groups is 2. The van der Waals surface area contributed by atoms with Crippen LogP contribution < -0.4 is 15.4 Å². The molecule has 1 aliphatic heterocycles. The molecule has 1 unspecified atom stereocenters. The normalized spacial score (nSPS) is 14.6. The third-order valence-electron chi connectivity index (χ3n) is 4.00. The third kappa shape index (κ3) is 4.89. The van der Waals surface area contributed by atoms with E-state index in [0.717, 1.165) is 6.42 Å². The van der Waals surface area contributed by atoms with Crippen LogP contribution in [-0.2, 0) is 0 Å². The molecule has 0 spiro atoms. The van der Waals surface area contributed by atoms with E-state index in [9.17, 15) is 4.79 Å². The zero-order valence-electron chi connectivity index (χ0n) is 16.2. The van der Waals surface area contributed by atoms with Gasteiger partial charge in [-0.25, -0.2) is 15.0 Å². The molecule has 2 aromatic rings. The Morgan fingerprint density at radius 3 is 2.66 bits per heavy atom. The number of anilines is 1. The first kappa shape index (κ1) is 20.3. The van der Waals surface area contributed by atoms with E-state index in [1.165, 1.54) is 7.11 Å². The molecular formula is C20H19ClN6O2. The van der Waals surface area contributed by atoms with E-state index < -0.39 is 0 Å². The Kier molecular flexibility index (Phi) is 6.42. The number of amidine groups is 1. The molecule has 1 aromatic heterocycles. The van der Waals surface area contributed by atoms with E-state index in [4.69, 9.17) is 16.3 Å². The van der Waals surface area contributed by atoms with E-state index in [-0.39, 0.29) is 12.1 Å². The summed E-state index contributed by atoms with van der Waals surface area (Å²) in [7, 11) is 3.03. The van der Waals surface area contributed by atoms with E-state index >= 15 is 0 Å². The van der Waals surface area contributed by atoms with Gasteiger partial charge in [0.25, 0.3) is 5.91 Å². The Balaban J connectivity index is 1.79. The van der Waals surface area contributed by atoms with E-state index in [0.29, 0.717) is 39.2 Å². The van der Waals surface area contributed by atoms with Crippen LogP contribution in [0.25, 0.3) is 0 Å². The predicted octanol–water partition coefficient (Wildman–Crippen LogP) is 2.53. The third-order valence-corrected chi connectivity index (χ3v) is 4.39. The van der Waals surface area contributed by atoms with E-state index in [2.05, 4.69) is 42.4 Å². The molecule has 0 radical (unpaired) electrons. The Morgan fingerprint density at radius 2 is 2.03 bits per heavy atom. The average molecular weight is 411 g/mol. The molecule has 1 aliphatic rings. The summed E-state index contributed by atoms with van der Waals surface area (Å²) < 4.78 is 5.23. The number of benzene rings is 1. The highest BCUT2D eigenvalue weighted by Gasteiger charge is 2.13. The second kappa shape index (κ2) is 9.17. The molecule has 0 saturated carbocycles. The summed E-state index contributed by atoms with van der Waals surface area (Å²) >= 11 is 6.31. The molecular weight excluding hydrogens is 392 g/mol. The van der Waals surface area contributed by atoms with Crippen molar-refractivity contribution in [3.8, 4) is 17.6 Å². The van der Waals surface area contributed by atoms with Crippen molar-refractivity contribution in [3.63, 3.8) is 0 Å². The van der Waals surface area contributed by atoms with Crippen molar-refractivity contribution in [1.82, 2.24) is 15.3 Å². The number of halogens is 1. The fourth-order valence-corrected chi connectivity index (χ4v) is 2.70. The number of hydrogen-bond donors (Lipinski definition) is 2. The quantitative estimate of drug-likeness (QED) is 0.754. The number of rotatable bonds is 4. The Bertz CT molecular complexity index is 1040. The van der Waals surface area contributed by atoms with E-state index in [1.54, 1.807) is 37.8 Å². The van der Waals surface area contributed by atoms with Crippen molar-refractivity contribution in [1.29, 1.82) is 0 Å². The Hall–Kier alpha value is -3.44. The summed E-state index contributed by atoms with van der Waals surface area (Å²) in [6.45, 7) is 2.02. The van der Waals surface area contributed by atoms with Crippen molar-refractivity contribution in [2.75, 3.05) is 19.5 Å². The lowest BCUT2D eigenvalue weighted by molar-refractivity contribution is 0.0962. The largest absolute Gasteiger partial charge is 0.495 e. The maximum Gasteiger partial charge on any atom is 0.251 e. The maximum atomic E-state index is 11.9. The number of nitrogens with zero attached hydrogens (tertiary/aromatic N) is 4. The van der Waals surface area contributed by atoms with Crippen LogP contribution in [-0.4, -0.2) is 48.2 Å². The second-order valence-electron chi connectivity index (χ2n) is 5.97. The highest BCUT2D eigenvalue weighted by molar-refractivity contribution is 6.35. The fourth-order valence-electron chi connectivity index (χ4n) is 2.47. The molecule has 2 heterocycles. The molecule has 1 aromatic carbocycles. The standard InChI is InChI=1S/C20H19ClN6O2/c1-4-16-23-11-17(26-16)27-20-24-9-12(10-25-20)5-6-13-7-14(19(28)22-2)8-15(29-3)18(13)21/h7-11,16H,4H2,1-3H3,(H,22,28)(H,24,25,26,27). The van der Waals surface area contributed by atoms with Crippen LogP contribution in [0.3, 0.4) is 0 Å². The fraction of sp³-hybridized carbons (Fsp3) is 0.250. The summed E-state index contributed by atoms with van der Waals surface area (Å²) in [5, 5.41) is 5.90. The minimum absolute atomic E-state index is 0.0464. The van der Waals surface area contributed by atoms with E-state index in [1.807, 2.05) is 6.92 Å². The van der Waals surface area contributed by atoms with Gasteiger partial charge in [-0.1, -0.05) is 30.4 Å². The zero-order valence-corrected chi connectivity index (χ0v) is 16.9. The van der Waals surface area contributed by atoms with Crippen molar-refractivity contribution in [2.24, 2.45) is 9.98 Å². The first-order chi connectivity index (χ1) is 14.0. The number of methoxy groups -OCH3 is 1. The second-order valence-corrected chi connectivity index (χ2v) is 6.35. The highest BCUT2D eigenvalue weighted by Crippen LogP contribution is 2.29. The van der Waals surface area contributed by atoms with Crippen LogP contribution in [0, 0.1) is 11.8 Å². The minimum atomic E-state index is -0.259. The summed E-state index contributed by atoms with van der Waals surface area (Å²) in [5.74, 6) is 7.03. The Labute approximate surface area is 173 Å². The lowest BCUT2D eigenvalue weighted by Crippen LogP contribution is -2.18. The molecule has 2 N–H and O–H groups in total. The average Bonchev–Trinajstić information content (AvgIpc) is 3.21.